The molecular weight excluding hydrogens is 200 g/mol. The van der Waals surface area contributed by atoms with Crippen LogP contribution in [0.1, 0.15) is 19.8 Å². The molecule has 0 aromatic carbocycles. The van der Waals surface area contributed by atoms with Gasteiger partial charge in [-0.1, -0.05) is 6.92 Å². The van der Waals surface area contributed by atoms with E-state index in [4.69, 9.17) is 10.6 Å². The third-order valence-electron chi connectivity index (χ3n) is 2.29. The zero-order chi connectivity index (χ0) is 10.4. The van der Waals surface area contributed by atoms with Gasteiger partial charge in [0.15, 0.2) is 0 Å². The molecule has 1 amide bonds. The molecule has 0 radical (unpaired) electrons. The Labute approximate surface area is 88.9 Å². The average molecular weight is 218 g/mol. The van der Waals surface area contributed by atoms with Crippen molar-refractivity contribution in [2.75, 3.05) is 18.1 Å². The first kappa shape index (κ1) is 11.8. The Morgan fingerprint density at radius 2 is 2.57 bits per heavy atom. The Bertz CT molecular complexity index is 184. The quantitative estimate of drug-likeness (QED) is 0.401. The molecule has 2 unspecified atom stereocenters. The number of rotatable bonds is 5. The van der Waals surface area contributed by atoms with E-state index in [0.29, 0.717) is 6.10 Å². The molecule has 0 saturated carbocycles. The van der Waals surface area contributed by atoms with E-state index < -0.39 is 0 Å². The number of carbonyl (C=O) groups is 1. The van der Waals surface area contributed by atoms with Crippen LogP contribution in [-0.2, 0) is 9.53 Å². The molecule has 0 bridgehead atoms. The monoisotopic (exact) mass is 218 g/mol. The topological polar surface area (TPSA) is 64.3 Å². The minimum absolute atomic E-state index is 0.0218. The fraction of sp³-hybridized carbons (Fsp3) is 0.889. The highest BCUT2D eigenvalue weighted by atomic mass is 32.2. The molecule has 0 aromatic rings. The molecule has 1 saturated heterocycles. The van der Waals surface area contributed by atoms with Crippen molar-refractivity contribution in [3.05, 3.63) is 0 Å². The summed E-state index contributed by atoms with van der Waals surface area (Å²) in [5.74, 6) is 6.72. The van der Waals surface area contributed by atoms with E-state index in [1.165, 1.54) is 6.42 Å². The van der Waals surface area contributed by atoms with E-state index in [-0.39, 0.29) is 11.8 Å². The summed E-state index contributed by atoms with van der Waals surface area (Å²) in [5, 5.41) is 0. The maximum atomic E-state index is 11.1. The highest BCUT2D eigenvalue weighted by Crippen LogP contribution is 2.18. The minimum Gasteiger partial charge on any atom is -0.377 e. The highest BCUT2D eigenvalue weighted by Gasteiger charge is 2.17. The van der Waals surface area contributed by atoms with Gasteiger partial charge in [0.1, 0.15) is 0 Å². The van der Waals surface area contributed by atoms with Gasteiger partial charge >= 0.3 is 0 Å². The zero-order valence-electron chi connectivity index (χ0n) is 8.49. The van der Waals surface area contributed by atoms with Gasteiger partial charge in [-0.3, -0.25) is 10.2 Å². The largest absolute Gasteiger partial charge is 0.377 e. The van der Waals surface area contributed by atoms with Crippen molar-refractivity contribution in [3.8, 4) is 0 Å². The lowest BCUT2D eigenvalue weighted by atomic mass is 10.2. The standard InChI is InChI=1S/C9H18N2O2S/c1-7(9(12)11-10)5-14-6-8-3-2-4-13-8/h7-8H,2-6,10H2,1H3,(H,11,12). The fourth-order valence-electron chi connectivity index (χ4n) is 1.37. The molecule has 14 heavy (non-hydrogen) atoms. The average Bonchev–Trinajstić information content (AvgIpc) is 2.69. The van der Waals surface area contributed by atoms with Crippen LogP contribution >= 0.6 is 11.8 Å². The van der Waals surface area contributed by atoms with Crippen LogP contribution in [0.15, 0.2) is 0 Å². The van der Waals surface area contributed by atoms with Gasteiger partial charge in [-0.05, 0) is 12.8 Å². The van der Waals surface area contributed by atoms with E-state index in [9.17, 15) is 4.79 Å². The summed E-state index contributed by atoms with van der Waals surface area (Å²) < 4.78 is 5.48. The Balaban J connectivity index is 2.05. The second-order valence-electron chi connectivity index (χ2n) is 3.58. The van der Waals surface area contributed by atoms with Gasteiger partial charge in [0.2, 0.25) is 5.91 Å². The van der Waals surface area contributed by atoms with Crippen molar-refractivity contribution >= 4 is 17.7 Å². The van der Waals surface area contributed by atoms with Crippen LogP contribution in [0.25, 0.3) is 0 Å². The fourth-order valence-corrected chi connectivity index (χ4v) is 2.54. The van der Waals surface area contributed by atoms with Crippen molar-refractivity contribution < 1.29 is 9.53 Å². The number of thioether (sulfide) groups is 1. The Hall–Kier alpha value is -0.260. The SMILES string of the molecule is CC(CSCC1CCCO1)C(=O)NN. The number of hydrogen-bond donors (Lipinski definition) is 2. The van der Waals surface area contributed by atoms with Gasteiger partial charge in [0.05, 0.1) is 6.10 Å². The molecule has 0 spiro atoms. The third-order valence-corrected chi connectivity index (χ3v) is 3.63. The number of amides is 1. The first-order valence-corrected chi connectivity index (χ1v) is 6.09. The van der Waals surface area contributed by atoms with Crippen LogP contribution in [-0.4, -0.2) is 30.1 Å². The van der Waals surface area contributed by atoms with E-state index >= 15 is 0 Å². The smallest absolute Gasteiger partial charge is 0.237 e. The molecule has 82 valence electrons. The number of nitrogens with one attached hydrogen (secondary N) is 1. The molecule has 1 aliphatic heterocycles. The molecule has 4 nitrogen and oxygen atoms in total. The van der Waals surface area contributed by atoms with E-state index in [1.54, 1.807) is 11.8 Å². The molecule has 1 fully saturated rings. The summed E-state index contributed by atoms with van der Waals surface area (Å²) in [5.41, 5.74) is 2.16. The zero-order valence-corrected chi connectivity index (χ0v) is 9.31. The second kappa shape index (κ2) is 6.27. The van der Waals surface area contributed by atoms with Crippen LogP contribution < -0.4 is 11.3 Å². The van der Waals surface area contributed by atoms with Gasteiger partial charge in [-0.15, -0.1) is 0 Å². The number of hydrazine groups is 1. The van der Waals surface area contributed by atoms with E-state index in [0.717, 1.165) is 24.5 Å². The third kappa shape index (κ3) is 3.86. The van der Waals surface area contributed by atoms with Crippen molar-refractivity contribution in [1.82, 2.24) is 5.43 Å². The van der Waals surface area contributed by atoms with Gasteiger partial charge in [0, 0.05) is 24.0 Å². The molecule has 0 aromatic heterocycles. The van der Waals surface area contributed by atoms with Gasteiger partial charge < -0.3 is 4.74 Å². The van der Waals surface area contributed by atoms with Gasteiger partial charge in [-0.25, -0.2) is 5.84 Å². The molecule has 1 rings (SSSR count). The van der Waals surface area contributed by atoms with Crippen molar-refractivity contribution in [3.63, 3.8) is 0 Å². The first-order chi connectivity index (χ1) is 6.74. The predicted octanol–water partition coefficient (Wildman–Crippen LogP) is 0.525. The Morgan fingerprint density at radius 3 is 3.14 bits per heavy atom. The van der Waals surface area contributed by atoms with Crippen molar-refractivity contribution in [2.45, 2.75) is 25.9 Å². The van der Waals surface area contributed by atoms with E-state index in [2.05, 4.69) is 5.43 Å². The molecule has 0 aliphatic carbocycles. The number of carbonyl (C=O) groups excluding carboxylic acids is 1. The molecule has 2 atom stereocenters. The van der Waals surface area contributed by atoms with Crippen LogP contribution in [0, 0.1) is 5.92 Å². The van der Waals surface area contributed by atoms with Gasteiger partial charge in [0.25, 0.3) is 0 Å². The summed E-state index contributed by atoms with van der Waals surface area (Å²) in [6, 6.07) is 0. The van der Waals surface area contributed by atoms with Crippen LogP contribution in [0.4, 0.5) is 0 Å². The summed E-state index contributed by atoms with van der Waals surface area (Å²) in [7, 11) is 0. The molecule has 1 aliphatic rings. The molecule has 1 heterocycles. The second-order valence-corrected chi connectivity index (χ2v) is 4.66. The summed E-state index contributed by atoms with van der Waals surface area (Å²) >= 11 is 1.76. The highest BCUT2D eigenvalue weighted by molar-refractivity contribution is 7.99. The normalized spacial score (nSPS) is 23.4. The first-order valence-electron chi connectivity index (χ1n) is 4.94. The summed E-state index contributed by atoms with van der Waals surface area (Å²) in [6.45, 7) is 2.77. The molecule has 5 heteroatoms. The predicted molar refractivity (Wildman–Crippen MR) is 57.8 cm³/mol. The van der Waals surface area contributed by atoms with Crippen LogP contribution in [0.5, 0.6) is 0 Å². The number of ether oxygens (including phenoxy) is 1. The Morgan fingerprint density at radius 1 is 1.79 bits per heavy atom. The summed E-state index contributed by atoms with van der Waals surface area (Å²) in [6.07, 6.45) is 2.72. The van der Waals surface area contributed by atoms with Crippen molar-refractivity contribution in [2.24, 2.45) is 11.8 Å². The minimum atomic E-state index is -0.0927. The molecule has 3 N–H and O–H groups in total. The Kier molecular flexibility index (Phi) is 5.29. The van der Waals surface area contributed by atoms with Crippen molar-refractivity contribution in [1.29, 1.82) is 0 Å². The maximum Gasteiger partial charge on any atom is 0.237 e. The van der Waals surface area contributed by atoms with E-state index in [1.807, 2.05) is 6.92 Å². The lowest BCUT2D eigenvalue weighted by Crippen LogP contribution is -2.35. The maximum absolute atomic E-state index is 11.1. The molecular formula is C9H18N2O2S. The number of nitrogens with two attached hydrogens (primary N) is 1. The lowest BCUT2D eigenvalue weighted by Gasteiger charge is -2.11. The van der Waals surface area contributed by atoms with Crippen LogP contribution in [0.3, 0.4) is 0 Å². The lowest BCUT2D eigenvalue weighted by molar-refractivity contribution is -0.123. The van der Waals surface area contributed by atoms with Crippen LogP contribution in [0.2, 0.25) is 0 Å². The van der Waals surface area contributed by atoms with Gasteiger partial charge in [-0.2, -0.15) is 11.8 Å². The summed E-state index contributed by atoms with van der Waals surface area (Å²) in [4.78, 5) is 11.1. The number of hydrogen-bond acceptors (Lipinski definition) is 4.